The Hall–Kier alpha value is -5.47. The van der Waals surface area contributed by atoms with Crippen molar-refractivity contribution < 1.29 is 14.3 Å². The van der Waals surface area contributed by atoms with Crippen LogP contribution in [0, 0.1) is 0 Å². The summed E-state index contributed by atoms with van der Waals surface area (Å²) in [6, 6.07) is 29.6. The smallest absolute Gasteiger partial charge is 0.323 e. The van der Waals surface area contributed by atoms with Crippen LogP contribution in [-0.2, 0) is 30.6 Å². The molecule has 4 aromatic carbocycles. The molecular formula is C40H38ClN5O3. The van der Waals surface area contributed by atoms with Gasteiger partial charge >= 0.3 is 6.03 Å². The van der Waals surface area contributed by atoms with Crippen molar-refractivity contribution in [1.82, 2.24) is 4.98 Å². The zero-order chi connectivity index (χ0) is 34.3. The van der Waals surface area contributed by atoms with E-state index >= 15 is 0 Å². The molecule has 2 N–H and O–H groups in total. The molecule has 3 amide bonds. The minimum absolute atomic E-state index is 0.0997. The molecule has 1 aliphatic rings. The van der Waals surface area contributed by atoms with Crippen LogP contribution in [0.15, 0.2) is 114 Å². The second kappa shape index (κ2) is 15.2. The van der Waals surface area contributed by atoms with Gasteiger partial charge in [-0.2, -0.15) is 0 Å². The summed E-state index contributed by atoms with van der Waals surface area (Å²) in [4.78, 5) is 38.3. The molecule has 0 saturated carbocycles. The van der Waals surface area contributed by atoms with Crippen molar-refractivity contribution in [1.29, 1.82) is 0 Å². The van der Waals surface area contributed by atoms with E-state index in [1.165, 1.54) is 11.1 Å². The molecule has 1 unspecified atom stereocenters. The molecule has 1 aromatic heterocycles. The van der Waals surface area contributed by atoms with Crippen molar-refractivity contribution >= 4 is 46.3 Å². The van der Waals surface area contributed by atoms with Crippen molar-refractivity contribution in [2.75, 3.05) is 22.6 Å². The van der Waals surface area contributed by atoms with Crippen molar-refractivity contribution in [3.8, 4) is 5.75 Å². The van der Waals surface area contributed by atoms with Gasteiger partial charge in [-0.3, -0.25) is 14.8 Å². The highest BCUT2D eigenvalue weighted by molar-refractivity contribution is 6.32. The zero-order valence-corrected chi connectivity index (χ0v) is 28.5. The van der Waals surface area contributed by atoms with Crippen LogP contribution in [0.1, 0.15) is 47.2 Å². The summed E-state index contributed by atoms with van der Waals surface area (Å²) in [5.74, 6) is 0.647. The lowest BCUT2D eigenvalue weighted by Gasteiger charge is -2.26. The van der Waals surface area contributed by atoms with E-state index in [1.54, 1.807) is 37.7 Å². The summed E-state index contributed by atoms with van der Waals surface area (Å²) in [6.07, 6.45) is 5.53. The monoisotopic (exact) mass is 671 g/mol. The quantitative estimate of drug-likeness (QED) is 0.156. The Labute approximate surface area is 291 Å². The largest absolute Gasteiger partial charge is 0.497 e. The first-order valence-electron chi connectivity index (χ1n) is 16.4. The summed E-state index contributed by atoms with van der Waals surface area (Å²) in [5, 5.41) is 6.17. The van der Waals surface area contributed by atoms with Gasteiger partial charge in [-0.1, -0.05) is 67.9 Å². The Morgan fingerprint density at radius 2 is 1.59 bits per heavy atom. The van der Waals surface area contributed by atoms with Crippen LogP contribution in [0.3, 0.4) is 0 Å². The van der Waals surface area contributed by atoms with Crippen molar-refractivity contribution in [2.24, 2.45) is 4.99 Å². The highest BCUT2D eigenvalue weighted by atomic mass is 35.5. The molecule has 0 radical (unpaired) electrons. The first-order valence-corrected chi connectivity index (χ1v) is 16.7. The number of pyridine rings is 1. The topological polar surface area (TPSA) is 95.9 Å². The number of methoxy groups -OCH3 is 1. The summed E-state index contributed by atoms with van der Waals surface area (Å²) < 4.78 is 5.36. The van der Waals surface area contributed by atoms with Crippen LogP contribution in [-0.4, -0.2) is 35.8 Å². The summed E-state index contributed by atoms with van der Waals surface area (Å²) in [7, 11) is 1.63. The third-order valence-corrected chi connectivity index (χ3v) is 8.87. The van der Waals surface area contributed by atoms with Gasteiger partial charge in [0.1, 0.15) is 11.8 Å². The van der Waals surface area contributed by atoms with E-state index in [0.29, 0.717) is 35.1 Å². The van der Waals surface area contributed by atoms with Crippen molar-refractivity contribution in [2.45, 2.75) is 45.7 Å². The number of anilines is 3. The summed E-state index contributed by atoms with van der Waals surface area (Å²) in [6.45, 7) is 4.66. The number of benzene rings is 4. The second-order valence-electron chi connectivity index (χ2n) is 11.8. The third kappa shape index (κ3) is 7.82. The molecular weight excluding hydrogens is 634 g/mol. The number of aryl methyl sites for hydroxylation is 2. The van der Waals surface area contributed by atoms with Crippen LogP contribution in [0.5, 0.6) is 5.75 Å². The molecule has 0 aliphatic carbocycles. The number of nitrogens with one attached hydrogen (secondary N) is 2. The van der Waals surface area contributed by atoms with E-state index in [4.69, 9.17) is 21.3 Å². The van der Waals surface area contributed by atoms with E-state index in [1.807, 2.05) is 65.6 Å². The molecule has 0 saturated heterocycles. The number of carbonyl (C=O) groups excluding carboxylic acids is 2. The van der Waals surface area contributed by atoms with Crippen LogP contribution in [0.4, 0.5) is 21.9 Å². The minimum atomic E-state index is -0.695. The average molecular weight is 672 g/mol. The van der Waals surface area contributed by atoms with Gasteiger partial charge in [0, 0.05) is 34.5 Å². The van der Waals surface area contributed by atoms with Gasteiger partial charge in [0.2, 0.25) is 0 Å². The number of carbonyl (C=O) groups is 2. The van der Waals surface area contributed by atoms with E-state index in [-0.39, 0.29) is 11.9 Å². The number of hydrogen-bond acceptors (Lipinski definition) is 5. The number of amides is 3. The zero-order valence-electron chi connectivity index (χ0n) is 27.7. The van der Waals surface area contributed by atoms with Crippen LogP contribution in [0.2, 0.25) is 5.02 Å². The highest BCUT2D eigenvalue weighted by Gasteiger charge is 2.33. The number of hydrogen-bond donors (Lipinski definition) is 2. The predicted molar refractivity (Wildman–Crippen MR) is 197 cm³/mol. The maximum absolute atomic E-state index is 14.6. The molecule has 1 atom stereocenters. The number of nitrogens with zero attached hydrogens (tertiary/aromatic N) is 3. The lowest BCUT2D eigenvalue weighted by atomic mass is 9.96. The van der Waals surface area contributed by atoms with Crippen LogP contribution >= 0.6 is 11.6 Å². The standard InChI is InChI=1S/C40H38ClN5O3/c1-4-28-11-8-27(21-29(28)5-2)22-36-39(47)46(25-26-9-17-34(49-3)18-10-26)37-19-14-31(41)23-35(37)38(45-36)30-12-15-32(16-13-30)43-40(48)44-33-7-6-20-42-24-33/h6-21,23-24,36H,4-5,22,25H2,1-3H3,(H2,43,44,48). The second-order valence-corrected chi connectivity index (χ2v) is 12.3. The lowest BCUT2D eigenvalue weighted by Crippen LogP contribution is -2.38. The maximum Gasteiger partial charge on any atom is 0.323 e. The first-order chi connectivity index (χ1) is 23.8. The van der Waals surface area contributed by atoms with Crippen molar-refractivity contribution in [3.63, 3.8) is 0 Å². The number of halogens is 1. The molecule has 8 nitrogen and oxygen atoms in total. The Morgan fingerprint density at radius 3 is 2.29 bits per heavy atom. The Bertz CT molecular complexity index is 1980. The number of rotatable bonds is 10. The molecule has 49 heavy (non-hydrogen) atoms. The van der Waals surface area contributed by atoms with Gasteiger partial charge < -0.3 is 20.3 Å². The minimum Gasteiger partial charge on any atom is -0.497 e. The molecule has 248 valence electrons. The molecule has 0 bridgehead atoms. The number of urea groups is 1. The van der Waals surface area contributed by atoms with Crippen LogP contribution in [0.25, 0.3) is 0 Å². The van der Waals surface area contributed by atoms with Gasteiger partial charge in [0.15, 0.2) is 0 Å². The Morgan fingerprint density at radius 1 is 0.857 bits per heavy atom. The van der Waals surface area contributed by atoms with Gasteiger partial charge in [0.25, 0.3) is 5.91 Å². The molecule has 5 aromatic rings. The third-order valence-electron chi connectivity index (χ3n) is 8.64. The molecule has 2 heterocycles. The number of ether oxygens (including phenoxy) is 1. The average Bonchev–Trinajstić information content (AvgIpc) is 3.23. The number of benzodiazepines with no additional fused rings is 1. The molecule has 1 aliphatic heterocycles. The van der Waals surface area contributed by atoms with E-state index < -0.39 is 6.04 Å². The number of aliphatic imine (C=N–C) groups is 1. The van der Waals surface area contributed by atoms with Gasteiger partial charge in [-0.15, -0.1) is 0 Å². The van der Waals surface area contributed by atoms with E-state index in [0.717, 1.165) is 46.5 Å². The summed E-state index contributed by atoms with van der Waals surface area (Å²) >= 11 is 6.61. The molecule has 6 rings (SSSR count). The molecule has 9 heteroatoms. The fourth-order valence-electron chi connectivity index (χ4n) is 6.10. The van der Waals surface area contributed by atoms with Crippen LogP contribution < -0.4 is 20.3 Å². The number of fused-ring (bicyclic) bond motifs is 1. The lowest BCUT2D eigenvalue weighted by molar-refractivity contribution is -0.119. The van der Waals surface area contributed by atoms with Gasteiger partial charge in [-0.25, -0.2) is 4.79 Å². The SMILES string of the molecule is CCc1ccc(CC2N=C(c3ccc(NC(=O)Nc4cccnc4)cc3)c3cc(Cl)ccc3N(Cc3ccc(OC)cc3)C2=O)cc1CC. The maximum atomic E-state index is 14.6. The van der Waals surface area contributed by atoms with E-state index in [2.05, 4.69) is 47.7 Å². The fraction of sp³-hybridized carbons (Fsp3) is 0.200. The van der Waals surface area contributed by atoms with Gasteiger partial charge in [-0.05, 0) is 89.7 Å². The molecule has 0 spiro atoms. The number of aromatic nitrogens is 1. The Balaban J connectivity index is 1.38. The van der Waals surface area contributed by atoms with Crippen molar-refractivity contribution in [3.05, 3.63) is 148 Å². The Kier molecular flexibility index (Phi) is 10.4. The fourth-order valence-corrected chi connectivity index (χ4v) is 6.27. The summed E-state index contributed by atoms with van der Waals surface area (Å²) in [5.41, 5.74) is 8.72. The highest BCUT2D eigenvalue weighted by Crippen LogP contribution is 2.33. The van der Waals surface area contributed by atoms with E-state index in [9.17, 15) is 9.59 Å². The molecule has 0 fully saturated rings. The predicted octanol–water partition coefficient (Wildman–Crippen LogP) is 8.51. The normalized spacial score (nSPS) is 14.0. The first kappa shape index (κ1) is 33.4. The van der Waals surface area contributed by atoms with Gasteiger partial charge in [0.05, 0.1) is 36.9 Å².